The number of rotatable bonds is 4. The average molecular weight is 340 g/mol. The molecule has 0 fully saturated rings. The Morgan fingerprint density at radius 1 is 1.21 bits per heavy atom. The predicted molar refractivity (Wildman–Crippen MR) is 84.1 cm³/mol. The third-order valence-electron chi connectivity index (χ3n) is 3.24. The number of hydrogen-bond donors (Lipinski definition) is 2. The lowest BCUT2D eigenvalue weighted by atomic mass is 9.96. The Kier molecular flexibility index (Phi) is 4.99. The number of hydrogen-bond acceptors (Lipinski definition) is 2. The Balaban J connectivity index is 2.25. The van der Waals surface area contributed by atoms with Crippen LogP contribution in [0.1, 0.15) is 22.7 Å². The van der Waals surface area contributed by atoms with E-state index in [1.807, 2.05) is 31.2 Å². The van der Waals surface area contributed by atoms with Gasteiger partial charge in [0.2, 0.25) is 0 Å². The van der Waals surface area contributed by atoms with E-state index >= 15 is 0 Å². The van der Waals surface area contributed by atoms with Crippen molar-refractivity contribution in [2.45, 2.75) is 19.4 Å². The highest BCUT2D eigenvalue weighted by molar-refractivity contribution is 9.10. The molecular formula is C15H16BrClN2. The molecule has 100 valence electrons. The number of nitrogens with one attached hydrogen (secondary N) is 1. The van der Waals surface area contributed by atoms with Gasteiger partial charge in [0.15, 0.2) is 0 Å². The molecular weight excluding hydrogens is 324 g/mol. The van der Waals surface area contributed by atoms with Crippen LogP contribution in [0, 0.1) is 6.92 Å². The summed E-state index contributed by atoms with van der Waals surface area (Å²) in [6, 6.07) is 14.2. The molecule has 0 heterocycles. The Labute approximate surface area is 127 Å². The Morgan fingerprint density at radius 3 is 2.53 bits per heavy atom. The minimum absolute atomic E-state index is 0.0554. The molecule has 0 aliphatic carbocycles. The molecule has 2 rings (SSSR count). The van der Waals surface area contributed by atoms with Gasteiger partial charge in [-0.05, 0) is 48.2 Å². The lowest BCUT2D eigenvalue weighted by Gasteiger charge is -2.19. The van der Waals surface area contributed by atoms with Gasteiger partial charge in [-0.1, -0.05) is 51.8 Å². The highest BCUT2D eigenvalue weighted by Gasteiger charge is 2.14. The van der Waals surface area contributed by atoms with Crippen molar-refractivity contribution < 1.29 is 0 Å². The normalized spacial score (nSPS) is 12.4. The second-order valence-electron chi connectivity index (χ2n) is 4.50. The van der Waals surface area contributed by atoms with E-state index in [0.29, 0.717) is 0 Å². The molecule has 0 aromatic heterocycles. The van der Waals surface area contributed by atoms with Gasteiger partial charge in [-0.15, -0.1) is 0 Å². The zero-order valence-electron chi connectivity index (χ0n) is 10.7. The third kappa shape index (κ3) is 3.57. The smallest absolute Gasteiger partial charge is 0.0503 e. The molecule has 0 radical (unpaired) electrons. The van der Waals surface area contributed by atoms with Crippen LogP contribution in [0.5, 0.6) is 0 Å². The summed E-state index contributed by atoms with van der Waals surface area (Å²) in [5.41, 5.74) is 6.32. The largest absolute Gasteiger partial charge is 0.271 e. The average Bonchev–Trinajstić information content (AvgIpc) is 2.42. The summed E-state index contributed by atoms with van der Waals surface area (Å²) in [6.45, 7) is 2.02. The Morgan fingerprint density at radius 2 is 1.89 bits per heavy atom. The van der Waals surface area contributed by atoms with E-state index in [-0.39, 0.29) is 6.04 Å². The predicted octanol–water partition coefficient (Wildman–Crippen LogP) is 4.16. The number of benzene rings is 2. The van der Waals surface area contributed by atoms with Crippen LogP contribution < -0.4 is 11.3 Å². The van der Waals surface area contributed by atoms with Gasteiger partial charge < -0.3 is 0 Å². The molecule has 0 aliphatic rings. The monoisotopic (exact) mass is 338 g/mol. The Hall–Kier alpha value is -0.870. The summed E-state index contributed by atoms with van der Waals surface area (Å²) in [4.78, 5) is 0. The van der Waals surface area contributed by atoms with Crippen molar-refractivity contribution in [3.05, 3.63) is 68.7 Å². The zero-order valence-corrected chi connectivity index (χ0v) is 13.0. The molecule has 0 aliphatic heterocycles. The number of halogens is 2. The second kappa shape index (κ2) is 6.53. The van der Waals surface area contributed by atoms with Gasteiger partial charge in [0.05, 0.1) is 6.04 Å². The van der Waals surface area contributed by atoms with E-state index in [2.05, 4.69) is 39.6 Å². The fourth-order valence-electron chi connectivity index (χ4n) is 2.12. The first-order valence-corrected chi connectivity index (χ1v) is 7.24. The SMILES string of the molecule is Cc1c(Cl)cccc1C(Cc1ccc(Br)cc1)NN. The van der Waals surface area contributed by atoms with E-state index < -0.39 is 0 Å². The first-order valence-electron chi connectivity index (χ1n) is 6.07. The summed E-state index contributed by atoms with van der Waals surface area (Å²) in [7, 11) is 0. The summed E-state index contributed by atoms with van der Waals surface area (Å²) in [5, 5.41) is 0.772. The number of nitrogens with two attached hydrogens (primary N) is 1. The van der Waals surface area contributed by atoms with Gasteiger partial charge >= 0.3 is 0 Å². The fraction of sp³-hybridized carbons (Fsp3) is 0.200. The highest BCUT2D eigenvalue weighted by Crippen LogP contribution is 2.26. The van der Waals surface area contributed by atoms with E-state index in [0.717, 1.165) is 27.0 Å². The molecule has 0 saturated carbocycles. The van der Waals surface area contributed by atoms with Crippen molar-refractivity contribution in [1.29, 1.82) is 0 Å². The van der Waals surface area contributed by atoms with E-state index in [9.17, 15) is 0 Å². The molecule has 19 heavy (non-hydrogen) atoms. The van der Waals surface area contributed by atoms with E-state index in [1.165, 1.54) is 5.56 Å². The van der Waals surface area contributed by atoms with Crippen molar-refractivity contribution in [3.8, 4) is 0 Å². The molecule has 2 aromatic rings. The molecule has 0 saturated heterocycles. The maximum absolute atomic E-state index is 6.16. The van der Waals surface area contributed by atoms with Crippen LogP contribution in [0.4, 0.5) is 0 Å². The minimum atomic E-state index is 0.0554. The topological polar surface area (TPSA) is 38.0 Å². The van der Waals surface area contributed by atoms with Gasteiger partial charge in [-0.3, -0.25) is 11.3 Å². The summed E-state index contributed by atoms with van der Waals surface area (Å²) in [6.07, 6.45) is 0.824. The molecule has 3 N–H and O–H groups in total. The van der Waals surface area contributed by atoms with Gasteiger partial charge in [0.1, 0.15) is 0 Å². The van der Waals surface area contributed by atoms with Crippen LogP contribution in [0.2, 0.25) is 5.02 Å². The van der Waals surface area contributed by atoms with Crippen molar-refractivity contribution >= 4 is 27.5 Å². The van der Waals surface area contributed by atoms with Crippen LogP contribution >= 0.6 is 27.5 Å². The maximum Gasteiger partial charge on any atom is 0.0503 e. The first kappa shape index (κ1) is 14.5. The van der Waals surface area contributed by atoms with Crippen molar-refractivity contribution in [2.75, 3.05) is 0 Å². The van der Waals surface area contributed by atoms with Crippen molar-refractivity contribution in [1.82, 2.24) is 5.43 Å². The quantitative estimate of drug-likeness (QED) is 0.648. The van der Waals surface area contributed by atoms with Crippen LogP contribution in [0.15, 0.2) is 46.9 Å². The molecule has 1 atom stereocenters. The van der Waals surface area contributed by atoms with Crippen LogP contribution in [0.25, 0.3) is 0 Å². The molecule has 0 spiro atoms. The summed E-state index contributed by atoms with van der Waals surface area (Å²) in [5.74, 6) is 5.70. The van der Waals surface area contributed by atoms with Crippen molar-refractivity contribution in [2.24, 2.45) is 5.84 Å². The maximum atomic E-state index is 6.16. The second-order valence-corrected chi connectivity index (χ2v) is 5.83. The van der Waals surface area contributed by atoms with Gasteiger partial charge in [-0.25, -0.2) is 0 Å². The molecule has 2 aromatic carbocycles. The van der Waals surface area contributed by atoms with Crippen LogP contribution in [-0.2, 0) is 6.42 Å². The zero-order chi connectivity index (χ0) is 13.8. The third-order valence-corrected chi connectivity index (χ3v) is 4.18. The standard InChI is InChI=1S/C15H16BrClN2/c1-10-13(3-2-4-14(10)17)15(19-18)9-11-5-7-12(16)8-6-11/h2-8,15,19H,9,18H2,1H3. The minimum Gasteiger partial charge on any atom is -0.271 e. The summed E-state index contributed by atoms with van der Waals surface area (Å²) < 4.78 is 1.08. The fourth-order valence-corrected chi connectivity index (χ4v) is 2.56. The van der Waals surface area contributed by atoms with Gasteiger partial charge in [-0.2, -0.15) is 0 Å². The summed E-state index contributed by atoms with van der Waals surface area (Å²) >= 11 is 9.60. The lowest BCUT2D eigenvalue weighted by Crippen LogP contribution is -2.30. The Bertz CT molecular complexity index is 555. The molecule has 4 heteroatoms. The highest BCUT2D eigenvalue weighted by atomic mass is 79.9. The van der Waals surface area contributed by atoms with Crippen LogP contribution in [0.3, 0.4) is 0 Å². The van der Waals surface area contributed by atoms with Gasteiger partial charge in [0.25, 0.3) is 0 Å². The first-order chi connectivity index (χ1) is 9.11. The molecule has 0 bridgehead atoms. The number of hydrazine groups is 1. The molecule has 2 nitrogen and oxygen atoms in total. The molecule has 0 amide bonds. The van der Waals surface area contributed by atoms with Gasteiger partial charge in [0, 0.05) is 9.50 Å². The molecule has 1 unspecified atom stereocenters. The van der Waals surface area contributed by atoms with E-state index in [4.69, 9.17) is 17.4 Å². The van der Waals surface area contributed by atoms with Crippen LogP contribution in [-0.4, -0.2) is 0 Å². The van der Waals surface area contributed by atoms with E-state index in [1.54, 1.807) is 0 Å². The lowest BCUT2D eigenvalue weighted by molar-refractivity contribution is 0.549. The van der Waals surface area contributed by atoms with Crippen molar-refractivity contribution in [3.63, 3.8) is 0 Å².